The molecule has 1 aromatic carbocycles. The summed E-state index contributed by atoms with van der Waals surface area (Å²) < 4.78 is 38.0. The van der Waals surface area contributed by atoms with E-state index in [1.165, 1.54) is 18.2 Å². The first-order valence-electron chi connectivity index (χ1n) is 6.00. The van der Waals surface area contributed by atoms with E-state index in [0.29, 0.717) is 0 Å². The third kappa shape index (κ3) is 5.22. The van der Waals surface area contributed by atoms with Crippen molar-refractivity contribution in [2.24, 2.45) is 0 Å². The molecule has 6 heteroatoms. The van der Waals surface area contributed by atoms with Crippen molar-refractivity contribution in [2.45, 2.75) is 26.1 Å². The van der Waals surface area contributed by atoms with Crippen LogP contribution >= 0.6 is 0 Å². The van der Waals surface area contributed by atoms with Crippen LogP contribution in [0.4, 0.5) is 18.0 Å². The molecular formula is C14H15F3N2O. The number of rotatable bonds is 2. The number of carbonyl (C=O) groups is 1. The summed E-state index contributed by atoms with van der Waals surface area (Å²) in [4.78, 5) is 11.2. The van der Waals surface area contributed by atoms with Crippen LogP contribution in [0.25, 0.3) is 0 Å². The van der Waals surface area contributed by atoms with Gasteiger partial charge in [-0.2, -0.15) is 13.2 Å². The van der Waals surface area contributed by atoms with Crippen LogP contribution in [0.1, 0.15) is 25.0 Å². The summed E-state index contributed by atoms with van der Waals surface area (Å²) in [6.45, 7) is 3.57. The highest BCUT2D eigenvalue weighted by Gasteiger charge is 2.32. The Morgan fingerprint density at radius 1 is 1.30 bits per heavy atom. The van der Waals surface area contributed by atoms with Crippen LogP contribution in [0.5, 0.6) is 0 Å². The van der Waals surface area contributed by atoms with Crippen molar-refractivity contribution in [3.05, 3.63) is 35.4 Å². The molecular weight excluding hydrogens is 269 g/mol. The molecule has 0 atom stereocenters. The van der Waals surface area contributed by atoms with Gasteiger partial charge in [0, 0.05) is 11.6 Å². The zero-order chi connectivity index (χ0) is 15.2. The summed E-state index contributed by atoms with van der Waals surface area (Å²) in [6.07, 6.45) is -4.44. The monoisotopic (exact) mass is 284 g/mol. The molecule has 0 spiro atoms. The predicted octanol–water partition coefficient (Wildman–Crippen LogP) is 2.76. The maximum atomic E-state index is 12.7. The van der Waals surface area contributed by atoms with E-state index in [9.17, 15) is 18.0 Å². The molecule has 0 unspecified atom stereocenters. The fraction of sp³-hybridized carbons (Fsp3) is 0.357. The summed E-state index contributed by atoms with van der Waals surface area (Å²) in [5, 5.41) is 5.02. The van der Waals surface area contributed by atoms with Gasteiger partial charge in [-0.1, -0.05) is 24.0 Å². The maximum absolute atomic E-state index is 12.7. The minimum Gasteiger partial charge on any atom is -0.336 e. The molecule has 0 bridgehead atoms. The number of hydrogen-bond acceptors (Lipinski definition) is 1. The third-order valence-electron chi connectivity index (χ3n) is 2.21. The molecule has 0 fully saturated rings. The van der Waals surface area contributed by atoms with Gasteiger partial charge in [0.1, 0.15) is 0 Å². The summed E-state index contributed by atoms with van der Waals surface area (Å²) in [5.74, 6) is 4.91. The molecule has 0 saturated carbocycles. The molecule has 0 aliphatic heterocycles. The first-order chi connectivity index (χ1) is 9.30. The van der Waals surface area contributed by atoms with Crippen molar-refractivity contribution < 1.29 is 18.0 Å². The topological polar surface area (TPSA) is 41.1 Å². The molecule has 0 aromatic heterocycles. The standard InChI is InChI=1S/C14H15F3N2O/c1-10(2)19-13(20)18-9-5-7-11-6-3-4-8-12(11)14(15,16)17/h3-4,6,8,10H,9H2,1-2H3,(H2,18,19,20). The molecule has 0 saturated heterocycles. The first kappa shape index (κ1) is 15.9. The third-order valence-corrected chi connectivity index (χ3v) is 2.21. The number of carbonyl (C=O) groups excluding carboxylic acids is 1. The fourth-order valence-corrected chi connectivity index (χ4v) is 1.42. The van der Waals surface area contributed by atoms with Crippen molar-refractivity contribution in [2.75, 3.05) is 6.54 Å². The second-order valence-electron chi connectivity index (χ2n) is 4.33. The van der Waals surface area contributed by atoms with Crippen molar-refractivity contribution in [1.82, 2.24) is 10.6 Å². The van der Waals surface area contributed by atoms with Crippen LogP contribution in [0.3, 0.4) is 0 Å². The van der Waals surface area contributed by atoms with Crippen molar-refractivity contribution >= 4 is 6.03 Å². The van der Waals surface area contributed by atoms with Gasteiger partial charge in [-0.25, -0.2) is 4.79 Å². The van der Waals surface area contributed by atoms with E-state index >= 15 is 0 Å². The SMILES string of the molecule is CC(C)NC(=O)NCC#Cc1ccccc1C(F)(F)F. The quantitative estimate of drug-likeness (QED) is 0.806. The smallest absolute Gasteiger partial charge is 0.336 e. The van der Waals surface area contributed by atoms with Gasteiger partial charge < -0.3 is 10.6 Å². The van der Waals surface area contributed by atoms with Crippen LogP contribution in [-0.4, -0.2) is 18.6 Å². The molecule has 3 nitrogen and oxygen atoms in total. The van der Waals surface area contributed by atoms with Crippen molar-refractivity contribution in [1.29, 1.82) is 0 Å². The zero-order valence-corrected chi connectivity index (χ0v) is 11.1. The zero-order valence-electron chi connectivity index (χ0n) is 11.1. The van der Waals surface area contributed by atoms with E-state index in [4.69, 9.17) is 0 Å². The van der Waals surface area contributed by atoms with E-state index in [0.717, 1.165) is 6.07 Å². The lowest BCUT2D eigenvalue weighted by molar-refractivity contribution is -0.137. The Bertz CT molecular complexity index is 527. The van der Waals surface area contributed by atoms with Crippen LogP contribution in [0.15, 0.2) is 24.3 Å². The minimum atomic E-state index is -4.44. The molecule has 1 aromatic rings. The Balaban J connectivity index is 2.67. The normalized spacial score (nSPS) is 10.7. The number of urea groups is 1. The van der Waals surface area contributed by atoms with E-state index in [-0.39, 0.29) is 18.2 Å². The van der Waals surface area contributed by atoms with Crippen LogP contribution in [-0.2, 0) is 6.18 Å². The summed E-state index contributed by atoms with van der Waals surface area (Å²) >= 11 is 0. The Morgan fingerprint density at radius 3 is 2.55 bits per heavy atom. The molecule has 0 heterocycles. The molecule has 2 N–H and O–H groups in total. The lowest BCUT2D eigenvalue weighted by Gasteiger charge is -2.08. The van der Waals surface area contributed by atoms with Gasteiger partial charge >= 0.3 is 12.2 Å². The Hall–Kier alpha value is -2.16. The molecule has 20 heavy (non-hydrogen) atoms. The van der Waals surface area contributed by atoms with E-state index < -0.39 is 17.8 Å². The van der Waals surface area contributed by atoms with E-state index in [2.05, 4.69) is 22.5 Å². The lowest BCUT2D eigenvalue weighted by Crippen LogP contribution is -2.39. The summed E-state index contributed by atoms with van der Waals surface area (Å²) in [7, 11) is 0. The van der Waals surface area contributed by atoms with Gasteiger partial charge in [-0.15, -0.1) is 0 Å². The molecule has 0 aliphatic carbocycles. The highest BCUT2D eigenvalue weighted by Crippen LogP contribution is 2.31. The van der Waals surface area contributed by atoms with Gasteiger partial charge in [0.2, 0.25) is 0 Å². The predicted molar refractivity (Wildman–Crippen MR) is 70.0 cm³/mol. The number of hydrogen-bond donors (Lipinski definition) is 2. The van der Waals surface area contributed by atoms with E-state index in [1.807, 2.05) is 0 Å². The number of halogens is 3. The average Bonchev–Trinajstić information content (AvgIpc) is 2.33. The van der Waals surface area contributed by atoms with E-state index in [1.54, 1.807) is 13.8 Å². The van der Waals surface area contributed by atoms with Crippen molar-refractivity contribution in [3.63, 3.8) is 0 Å². The van der Waals surface area contributed by atoms with Gasteiger partial charge in [0.15, 0.2) is 0 Å². The fourth-order valence-electron chi connectivity index (χ4n) is 1.42. The molecule has 108 valence electrons. The summed E-state index contributed by atoms with van der Waals surface area (Å²) in [5.41, 5.74) is -0.884. The highest BCUT2D eigenvalue weighted by atomic mass is 19.4. The molecule has 0 aliphatic rings. The Morgan fingerprint density at radius 2 is 1.95 bits per heavy atom. The number of amides is 2. The average molecular weight is 284 g/mol. The highest BCUT2D eigenvalue weighted by molar-refractivity contribution is 5.74. The second-order valence-corrected chi connectivity index (χ2v) is 4.33. The van der Waals surface area contributed by atoms with Crippen molar-refractivity contribution in [3.8, 4) is 11.8 Å². The summed E-state index contributed by atoms with van der Waals surface area (Å²) in [6, 6.07) is 4.64. The largest absolute Gasteiger partial charge is 0.417 e. The van der Waals surface area contributed by atoms with Gasteiger partial charge in [0.05, 0.1) is 12.1 Å². The van der Waals surface area contributed by atoms with Gasteiger partial charge in [-0.3, -0.25) is 0 Å². The Labute approximate surface area is 115 Å². The number of benzene rings is 1. The van der Waals surface area contributed by atoms with Gasteiger partial charge in [0.25, 0.3) is 0 Å². The molecule has 0 radical (unpaired) electrons. The molecule has 2 amide bonds. The second kappa shape index (κ2) is 6.85. The van der Waals surface area contributed by atoms with Crippen LogP contribution in [0.2, 0.25) is 0 Å². The van der Waals surface area contributed by atoms with Crippen LogP contribution in [0, 0.1) is 11.8 Å². The van der Waals surface area contributed by atoms with Gasteiger partial charge in [-0.05, 0) is 26.0 Å². The maximum Gasteiger partial charge on any atom is 0.417 e. The molecule has 1 rings (SSSR count). The van der Waals surface area contributed by atoms with Crippen LogP contribution < -0.4 is 10.6 Å². The Kier molecular flexibility index (Phi) is 5.44. The number of nitrogens with one attached hydrogen (secondary N) is 2. The lowest BCUT2D eigenvalue weighted by atomic mass is 10.1. The minimum absolute atomic E-state index is 0.0195. The number of alkyl halides is 3. The first-order valence-corrected chi connectivity index (χ1v) is 6.00.